The zero-order chi connectivity index (χ0) is 34.3. The highest BCUT2D eigenvalue weighted by Gasteiger charge is 2.76. The van der Waals surface area contributed by atoms with Gasteiger partial charge in [0, 0.05) is 24.5 Å². The van der Waals surface area contributed by atoms with Crippen LogP contribution in [-0.2, 0) is 19.1 Å². The highest BCUT2D eigenvalue weighted by molar-refractivity contribution is 6.07. The Labute approximate surface area is 286 Å². The molecule has 1 unspecified atom stereocenters. The number of hydrogen-bond donors (Lipinski definition) is 1. The predicted molar refractivity (Wildman–Crippen MR) is 184 cm³/mol. The van der Waals surface area contributed by atoms with Crippen LogP contribution in [0.1, 0.15) is 31.9 Å². The minimum absolute atomic E-state index is 0.225. The molecule has 0 aliphatic carbocycles. The van der Waals surface area contributed by atoms with Crippen molar-refractivity contribution in [3.63, 3.8) is 0 Å². The molecule has 0 radical (unpaired) electrons. The Balaban J connectivity index is 1.37. The molecule has 7 rings (SSSR count). The van der Waals surface area contributed by atoms with Crippen LogP contribution >= 0.6 is 0 Å². The third kappa shape index (κ3) is 5.12. The minimum atomic E-state index is -1.49. The molecule has 0 bridgehead atoms. The van der Waals surface area contributed by atoms with E-state index in [0.717, 1.165) is 0 Å². The zero-order valence-corrected chi connectivity index (χ0v) is 27.9. The van der Waals surface area contributed by atoms with Crippen molar-refractivity contribution in [2.75, 3.05) is 43.2 Å². The molecule has 10 nitrogen and oxygen atoms in total. The molecular formula is C39H41N3O7. The van der Waals surface area contributed by atoms with Gasteiger partial charge in [0.15, 0.2) is 0 Å². The zero-order valence-electron chi connectivity index (χ0n) is 27.9. The van der Waals surface area contributed by atoms with Gasteiger partial charge in [0.25, 0.3) is 5.91 Å². The van der Waals surface area contributed by atoms with Gasteiger partial charge in [0.2, 0.25) is 11.8 Å². The standard InChI is InChI=1S/C39H41N3O7/c1-4-38-21-9-23-40(27-15-19-30(20-16-27)48-5-2)35(44)32(38)33-36(45)42(31(25-43)26-11-7-6-8-12-26)34-37(46)41(24-10-22-39(33,34)49-38)28-13-17-29(47-3)18-14-28/h6-22,31-34,43H,4-5,23-25H2,1-3H3/t31-,32+,33+,34?,38-,39+/m1/s1. The summed E-state index contributed by atoms with van der Waals surface area (Å²) in [5.41, 5.74) is -0.669. The SMILES string of the molecule is CCOc1ccc(N2CC=C[C@@]3(CC)O[C@]45C=CCN(c6ccc(OC)cc6)C(=O)C4N([C@H](CO)c4ccccc4)C(=O)[C@@H]5[C@H]3C2=O)cc1. The van der Waals surface area contributed by atoms with Gasteiger partial charge in [-0.25, -0.2) is 0 Å². The molecule has 10 heteroatoms. The fourth-order valence-electron chi connectivity index (χ4n) is 8.18. The predicted octanol–water partition coefficient (Wildman–Crippen LogP) is 4.69. The van der Waals surface area contributed by atoms with E-state index in [9.17, 15) is 9.90 Å². The molecule has 1 spiro atoms. The summed E-state index contributed by atoms with van der Waals surface area (Å²) in [6.45, 7) is 4.46. The van der Waals surface area contributed by atoms with Gasteiger partial charge in [-0.05, 0) is 67.4 Å². The van der Waals surface area contributed by atoms with E-state index >= 15 is 9.59 Å². The number of anilines is 2. The second-order valence-electron chi connectivity index (χ2n) is 12.8. The van der Waals surface area contributed by atoms with Gasteiger partial charge >= 0.3 is 0 Å². The first kappa shape index (κ1) is 32.6. The molecule has 4 aliphatic rings. The molecule has 6 atom stereocenters. The van der Waals surface area contributed by atoms with Gasteiger partial charge in [-0.2, -0.15) is 0 Å². The van der Waals surface area contributed by atoms with E-state index < -0.39 is 47.6 Å². The summed E-state index contributed by atoms with van der Waals surface area (Å²) in [5, 5.41) is 10.9. The molecule has 0 aromatic heterocycles. The maximum absolute atomic E-state index is 15.1. The van der Waals surface area contributed by atoms with Crippen molar-refractivity contribution < 1.29 is 33.7 Å². The minimum Gasteiger partial charge on any atom is -0.497 e. The molecule has 3 aromatic carbocycles. The number of fused-ring (bicyclic) bond motifs is 2. The Kier molecular flexibility index (Phi) is 8.54. The average molecular weight is 664 g/mol. The Morgan fingerprint density at radius 3 is 2.00 bits per heavy atom. The lowest BCUT2D eigenvalue weighted by atomic mass is 9.73. The molecular weight excluding hydrogens is 622 g/mol. The molecule has 4 heterocycles. The van der Waals surface area contributed by atoms with Crippen molar-refractivity contribution >= 4 is 29.1 Å². The number of likely N-dealkylation sites (tertiary alicyclic amines) is 1. The van der Waals surface area contributed by atoms with Crippen LogP contribution in [0, 0.1) is 11.8 Å². The number of benzene rings is 3. The molecule has 3 amide bonds. The highest BCUT2D eigenvalue weighted by Crippen LogP contribution is 2.60. The molecule has 4 aliphatic heterocycles. The topological polar surface area (TPSA) is 109 Å². The van der Waals surface area contributed by atoms with Crippen molar-refractivity contribution in [2.24, 2.45) is 11.8 Å². The number of aliphatic hydroxyl groups is 1. The summed E-state index contributed by atoms with van der Waals surface area (Å²) in [7, 11) is 1.58. The average Bonchev–Trinajstić information content (AvgIpc) is 3.42. The van der Waals surface area contributed by atoms with E-state index in [1.807, 2.05) is 92.7 Å². The second kappa shape index (κ2) is 12.8. The smallest absolute Gasteiger partial charge is 0.253 e. The van der Waals surface area contributed by atoms with Gasteiger partial charge in [-0.1, -0.05) is 61.6 Å². The van der Waals surface area contributed by atoms with Crippen LogP contribution in [0.15, 0.2) is 103 Å². The second-order valence-corrected chi connectivity index (χ2v) is 12.8. The van der Waals surface area contributed by atoms with Crippen molar-refractivity contribution in [2.45, 2.75) is 43.6 Å². The van der Waals surface area contributed by atoms with Crippen LogP contribution in [0.3, 0.4) is 0 Å². The highest BCUT2D eigenvalue weighted by atomic mass is 16.5. The Morgan fingerprint density at radius 1 is 0.796 bits per heavy atom. The normalized spacial score (nSPS) is 28.1. The van der Waals surface area contributed by atoms with Crippen LogP contribution in [0.2, 0.25) is 0 Å². The first-order chi connectivity index (χ1) is 23.8. The summed E-state index contributed by atoms with van der Waals surface area (Å²) in [6.07, 6.45) is 7.92. The summed E-state index contributed by atoms with van der Waals surface area (Å²) >= 11 is 0. The van der Waals surface area contributed by atoms with E-state index in [4.69, 9.17) is 14.2 Å². The molecule has 2 saturated heterocycles. The van der Waals surface area contributed by atoms with Gasteiger partial charge in [0.05, 0.1) is 43.8 Å². The van der Waals surface area contributed by atoms with E-state index in [-0.39, 0.29) is 18.4 Å². The molecule has 254 valence electrons. The number of carbonyl (C=O) groups excluding carboxylic acids is 3. The fraction of sp³-hybridized carbons (Fsp3) is 0.359. The number of nitrogens with zero attached hydrogens (tertiary/aromatic N) is 3. The largest absolute Gasteiger partial charge is 0.497 e. The molecule has 1 N–H and O–H groups in total. The van der Waals surface area contributed by atoms with Crippen molar-refractivity contribution in [3.05, 3.63) is 109 Å². The van der Waals surface area contributed by atoms with Crippen LogP contribution in [0.4, 0.5) is 11.4 Å². The third-order valence-electron chi connectivity index (χ3n) is 10.4. The number of rotatable bonds is 9. The number of carbonyl (C=O) groups is 3. The van der Waals surface area contributed by atoms with Crippen molar-refractivity contribution in [3.8, 4) is 11.5 Å². The van der Waals surface area contributed by atoms with E-state index in [2.05, 4.69) is 0 Å². The Hall–Kier alpha value is -4.93. The van der Waals surface area contributed by atoms with Crippen molar-refractivity contribution in [1.82, 2.24) is 4.90 Å². The molecule has 3 aromatic rings. The number of amides is 3. The summed E-state index contributed by atoms with van der Waals surface area (Å²) < 4.78 is 18.1. The van der Waals surface area contributed by atoms with E-state index in [0.29, 0.717) is 48.0 Å². The quantitative estimate of drug-likeness (QED) is 0.331. The first-order valence-corrected chi connectivity index (χ1v) is 16.9. The van der Waals surface area contributed by atoms with Gasteiger partial charge in [-0.3, -0.25) is 14.4 Å². The number of methoxy groups -OCH3 is 1. The first-order valence-electron chi connectivity index (χ1n) is 16.9. The van der Waals surface area contributed by atoms with E-state index in [1.54, 1.807) is 41.2 Å². The maximum Gasteiger partial charge on any atom is 0.253 e. The monoisotopic (exact) mass is 663 g/mol. The van der Waals surface area contributed by atoms with Crippen molar-refractivity contribution in [1.29, 1.82) is 0 Å². The Morgan fingerprint density at radius 2 is 1.41 bits per heavy atom. The lowest BCUT2D eigenvalue weighted by Crippen LogP contribution is -2.57. The molecule has 49 heavy (non-hydrogen) atoms. The number of aliphatic hydroxyl groups excluding tert-OH is 1. The van der Waals surface area contributed by atoms with Gasteiger partial charge in [0.1, 0.15) is 23.1 Å². The van der Waals surface area contributed by atoms with E-state index in [1.165, 1.54) is 4.90 Å². The Bertz CT molecular complexity index is 1780. The van der Waals surface area contributed by atoms with Crippen LogP contribution in [0.5, 0.6) is 11.5 Å². The maximum atomic E-state index is 15.1. The molecule has 2 fully saturated rings. The number of ether oxygens (including phenoxy) is 3. The fourth-order valence-corrected chi connectivity index (χ4v) is 8.18. The van der Waals surface area contributed by atoms with Crippen LogP contribution in [-0.4, -0.2) is 78.4 Å². The van der Waals surface area contributed by atoms with Gasteiger partial charge < -0.3 is 34.0 Å². The van der Waals surface area contributed by atoms with Crippen LogP contribution in [0.25, 0.3) is 0 Å². The molecule has 0 saturated carbocycles. The third-order valence-corrected chi connectivity index (χ3v) is 10.4. The summed E-state index contributed by atoms with van der Waals surface area (Å²) in [4.78, 5) is 49.9. The summed E-state index contributed by atoms with van der Waals surface area (Å²) in [6, 6.07) is 21.7. The number of hydrogen-bond acceptors (Lipinski definition) is 7. The van der Waals surface area contributed by atoms with Crippen LogP contribution < -0.4 is 19.3 Å². The lowest BCUT2D eigenvalue weighted by Gasteiger charge is -2.41. The lowest BCUT2D eigenvalue weighted by molar-refractivity contribution is -0.149. The van der Waals surface area contributed by atoms with Gasteiger partial charge in [-0.15, -0.1) is 0 Å². The summed E-state index contributed by atoms with van der Waals surface area (Å²) in [5.74, 6) is -1.66.